The van der Waals surface area contributed by atoms with Crippen molar-refractivity contribution < 1.29 is 0 Å². The Hall–Kier alpha value is -0.860. The first-order valence-corrected chi connectivity index (χ1v) is 7.33. The quantitative estimate of drug-likeness (QED) is 0.863. The number of aromatic amines is 1. The molecule has 1 N–H and O–H groups in total. The number of H-pyrrole nitrogens is 1. The Morgan fingerprint density at radius 3 is 2.47 bits per heavy atom. The molecule has 2 saturated carbocycles. The lowest BCUT2D eigenvalue weighted by Crippen LogP contribution is -1.98. The van der Waals surface area contributed by atoms with Gasteiger partial charge in [-0.15, -0.1) is 0 Å². The Balaban J connectivity index is 1.52. The molecule has 17 heavy (non-hydrogen) atoms. The van der Waals surface area contributed by atoms with Gasteiger partial charge in [0, 0.05) is 12.3 Å². The van der Waals surface area contributed by atoms with Crippen LogP contribution in [0.4, 0.5) is 0 Å². The van der Waals surface area contributed by atoms with Crippen molar-refractivity contribution in [2.45, 2.75) is 70.1 Å². The Labute approximate surface area is 103 Å². The molecule has 2 fully saturated rings. The molecule has 1 aromatic heterocycles. The van der Waals surface area contributed by atoms with Gasteiger partial charge in [0.25, 0.3) is 0 Å². The van der Waals surface area contributed by atoms with Crippen molar-refractivity contribution in [3.63, 3.8) is 0 Å². The number of hydrogen-bond donors (Lipinski definition) is 1. The maximum atomic E-state index is 4.69. The van der Waals surface area contributed by atoms with Crippen LogP contribution in [0.15, 0.2) is 0 Å². The first-order valence-electron chi connectivity index (χ1n) is 7.33. The lowest BCUT2D eigenvalue weighted by atomic mass is 10.0. The zero-order valence-corrected chi connectivity index (χ0v) is 10.6. The number of nitrogens with zero attached hydrogens (tertiary/aromatic N) is 2. The van der Waals surface area contributed by atoms with Gasteiger partial charge in [-0.05, 0) is 25.2 Å². The molecule has 1 heterocycles. The van der Waals surface area contributed by atoms with Gasteiger partial charge >= 0.3 is 0 Å². The highest BCUT2D eigenvalue weighted by Crippen LogP contribution is 2.32. The number of rotatable bonds is 4. The Morgan fingerprint density at radius 1 is 1.00 bits per heavy atom. The number of aromatic nitrogens is 3. The van der Waals surface area contributed by atoms with Crippen molar-refractivity contribution in [1.82, 2.24) is 15.2 Å². The summed E-state index contributed by atoms with van der Waals surface area (Å²) in [6, 6.07) is 0. The number of hydrogen-bond acceptors (Lipinski definition) is 2. The summed E-state index contributed by atoms with van der Waals surface area (Å²) in [5, 5.41) is 7.55. The summed E-state index contributed by atoms with van der Waals surface area (Å²) in [6.45, 7) is 0. The molecule has 0 spiro atoms. The molecule has 1 aromatic rings. The van der Waals surface area contributed by atoms with Crippen LogP contribution in [0.1, 0.15) is 75.4 Å². The summed E-state index contributed by atoms with van der Waals surface area (Å²) < 4.78 is 0. The fourth-order valence-electron chi connectivity index (χ4n) is 3.43. The van der Waals surface area contributed by atoms with Gasteiger partial charge < -0.3 is 0 Å². The molecule has 0 aromatic carbocycles. The SMILES string of the molecule is C1CCC(CCc2nc(C3CCCC3)n[nH]2)C1. The van der Waals surface area contributed by atoms with Crippen LogP contribution in [0.2, 0.25) is 0 Å². The van der Waals surface area contributed by atoms with Crippen LogP contribution in [0.3, 0.4) is 0 Å². The van der Waals surface area contributed by atoms with E-state index in [4.69, 9.17) is 0 Å². The average Bonchev–Trinajstić information content (AvgIpc) is 3.09. The molecule has 94 valence electrons. The van der Waals surface area contributed by atoms with Gasteiger partial charge in [0.05, 0.1) is 0 Å². The first kappa shape index (κ1) is 11.2. The molecule has 3 nitrogen and oxygen atoms in total. The van der Waals surface area contributed by atoms with Gasteiger partial charge in [0.15, 0.2) is 5.82 Å². The smallest absolute Gasteiger partial charge is 0.153 e. The summed E-state index contributed by atoms with van der Waals surface area (Å²) in [4.78, 5) is 4.69. The zero-order chi connectivity index (χ0) is 11.5. The van der Waals surface area contributed by atoms with Crippen LogP contribution in [0.5, 0.6) is 0 Å². The predicted molar refractivity (Wildman–Crippen MR) is 67.9 cm³/mol. The molecule has 3 rings (SSSR count). The van der Waals surface area contributed by atoms with Gasteiger partial charge in [-0.25, -0.2) is 4.98 Å². The molecule has 0 radical (unpaired) electrons. The van der Waals surface area contributed by atoms with Crippen LogP contribution in [-0.2, 0) is 6.42 Å². The zero-order valence-electron chi connectivity index (χ0n) is 10.6. The molecule has 2 aliphatic rings. The van der Waals surface area contributed by atoms with Gasteiger partial charge in [0.2, 0.25) is 0 Å². The summed E-state index contributed by atoms with van der Waals surface area (Å²) in [5.74, 6) is 3.81. The highest BCUT2D eigenvalue weighted by atomic mass is 15.2. The normalized spacial score (nSPS) is 22.6. The van der Waals surface area contributed by atoms with Crippen LogP contribution in [-0.4, -0.2) is 15.2 Å². The van der Waals surface area contributed by atoms with E-state index in [1.165, 1.54) is 57.8 Å². The van der Waals surface area contributed by atoms with E-state index in [1.54, 1.807) is 0 Å². The van der Waals surface area contributed by atoms with Gasteiger partial charge in [-0.3, -0.25) is 5.10 Å². The molecule has 0 aliphatic heterocycles. The van der Waals surface area contributed by atoms with Crippen LogP contribution in [0, 0.1) is 5.92 Å². The van der Waals surface area contributed by atoms with Gasteiger partial charge in [-0.2, -0.15) is 5.10 Å². The van der Waals surface area contributed by atoms with Crippen molar-refractivity contribution in [1.29, 1.82) is 0 Å². The predicted octanol–water partition coefficient (Wildman–Crippen LogP) is 3.59. The second-order valence-corrected chi connectivity index (χ2v) is 5.81. The number of nitrogens with one attached hydrogen (secondary N) is 1. The topological polar surface area (TPSA) is 41.6 Å². The van der Waals surface area contributed by atoms with Crippen LogP contribution < -0.4 is 0 Å². The largest absolute Gasteiger partial charge is 0.263 e. The fourth-order valence-corrected chi connectivity index (χ4v) is 3.43. The summed E-state index contributed by atoms with van der Waals surface area (Å²) in [7, 11) is 0. The lowest BCUT2D eigenvalue weighted by Gasteiger charge is -2.05. The maximum Gasteiger partial charge on any atom is 0.153 e. The first-order chi connectivity index (χ1) is 8.42. The molecule has 0 atom stereocenters. The molecule has 3 heteroatoms. The Kier molecular flexibility index (Phi) is 3.44. The second kappa shape index (κ2) is 5.19. The van der Waals surface area contributed by atoms with Crippen molar-refractivity contribution in [2.24, 2.45) is 5.92 Å². The Morgan fingerprint density at radius 2 is 1.71 bits per heavy atom. The van der Waals surface area contributed by atoms with E-state index in [-0.39, 0.29) is 0 Å². The molecule has 0 saturated heterocycles. The van der Waals surface area contributed by atoms with E-state index < -0.39 is 0 Å². The molecule has 0 unspecified atom stereocenters. The van der Waals surface area contributed by atoms with Crippen molar-refractivity contribution >= 4 is 0 Å². The van der Waals surface area contributed by atoms with Crippen LogP contribution in [0.25, 0.3) is 0 Å². The minimum Gasteiger partial charge on any atom is -0.263 e. The summed E-state index contributed by atoms with van der Waals surface area (Å²) >= 11 is 0. The molecular weight excluding hydrogens is 210 g/mol. The minimum atomic E-state index is 0.645. The second-order valence-electron chi connectivity index (χ2n) is 5.81. The van der Waals surface area contributed by atoms with E-state index >= 15 is 0 Å². The van der Waals surface area contributed by atoms with E-state index in [1.807, 2.05) is 0 Å². The molecule has 0 bridgehead atoms. The molecule has 2 aliphatic carbocycles. The van der Waals surface area contributed by atoms with Crippen molar-refractivity contribution in [3.05, 3.63) is 11.6 Å². The summed E-state index contributed by atoms with van der Waals surface area (Å²) in [5.41, 5.74) is 0. The minimum absolute atomic E-state index is 0.645. The third-order valence-corrected chi connectivity index (χ3v) is 4.53. The highest BCUT2D eigenvalue weighted by molar-refractivity contribution is 5.00. The van der Waals surface area contributed by atoms with E-state index in [9.17, 15) is 0 Å². The summed E-state index contributed by atoms with van der Waals surface area (Å²) in [6.07, 6.45) is 13.5. The third kappa shape index (κ3) is 2.70. The van der Waals surface area contributed by atoms with Crippen molar-refractivity contribution in [3.8, 4) is 0 Å². The van der Waals surface area contributed by atoms with Gasteiger partial charge in [0.1, 0.15) is 5.82 Å². The van der Waals surface area contributed by atoms with E-state index in [2.05, 4.69) is 15.2 Å². The maximum absolute atomic E-state index is 4.69. The molecule has 0 amide bonds. The lowest BCUT2D eigenvalue weighted by molar-refractivity contribution is 0.497. The highest BCUT2D eigenvalue weighted by Gasteiger charge is 2.21. The monoisotopic (exact) mass is 233 g/mol. The van der Waals surface area contributed by atoms with Gasteiger partial charge in [-0.1, -0.05) is 38.5 Å². The Bertz CT molecular complexity index is 346. The van der Waals surface area contributed by atoms with E-state index in [0.29, 0.717) is 5.92 Å². The standard InChI is InChI=1S/C14H23N3/c1-2-6-11(5-1)9-10-13-15-14(17-16-13)12-7-3-4-8-12/h11-12H,1-10H2,(H,15,16,17). The van der Waals surface area contributed by atoms with E-state index in [0.717, 1.165) is 24.0 Å². The molecular formula is C14H23N3. The fraction of sp³-hybridized carbons (Fsp3) is 0.857. The van der Waals surface area contributed by atoms with Crippen molar-refractivity contribution in [2.75, 3.05) is 0 Å². The van der Waals surface area contributed by atoms with Crippen LogP contribution >= 0.6 is 0 Å². The average molecular weight is 233 g/mol. The third-order valence-electron chi connectivity index (χ3n) is 4.53. The number of aryl methyl sites for hydroxylation is 1.